The van der Waals surface area contributed by atoms with E-state index in [9.17, 15) is 10.1 Å². The average Bonchev–Trinajstić information content (AvgIpc) is 3.64. The molecular formula is C29H28N7NaO2. The molecule has 0 aliphatic rings. The summed E-state index contributed by atoms with van der Waals surface area (Å²) in [6.45, 7) is 4.12. The Labute approximate surface area is 249 Å². The van der Waals surface area contributed by atoms with E-state index in [0.717, 1.165) is 47.2 Å². The third-order valence-corrected chi connectivity index (χ3v) is 6.63. The first-order valence-corrected chi connectivity index (χ1v) is 12.6. The van der Waals surface area contributed by atoms with Crippen LogP contribution in [0.4, 0.5) is 0 Å². The summed E-state index contributed by atoms with van der Waals surface area (Å²) in [5.41, 5.74) is 5.73. The minimum Gasteiger partial charge on any atom is -1.00 e. The van der Waals surface area contributed by atoms with Gasteiger partial charge in [-0.3, -0.25) is 9.36 Å². The number of hydrogen-bond donors (Lipinski definition) is 1. The van der Waals surface area contributed by atoms with Crippen molar-refractivity contribution in [2.75, 3.05) is 0 Å². The summed E-state index contributed by atoms with van der Waals surface area (Å²) in [5.74, 6) is 1.60. The van der Waals surface area contributed by atoms with E-state index in [1.54, 1.807) is 10.6 Å². The van der Waals surface area contributed by atoms with E-state index >= 15 is 0 Å². The van der Waals surface area contributed by atoms with Gasteiger partial charge in [-0.1, -0.05) is 61.9 Å². The van der Waals surface area contributed by atoms with E-state index in [1.165, 1.54) is 6.26 Å². The largest absolute Gasteiger partial charge is 1.00 e. The molecule has 192 valence electrons. The molecule has 5 rings (SSSR count). The fourth-order valence-corrected chi connectivity index (χ4v) is 4.59. The van der Waals surface area contributed by atoms with Crippen LogP contribution in [0.2, 0.25) is 0 Å². The van der Waals surface area contributed by atoms with Crippen LogP contribution in [0.1, 0.15) is 55.2 Å². The molecule has 3 heterocycles. The van der Waals surface area contributed by atoms with Crippen molar-refractivity contribution in [3.8, 4) is 28.6 Å². The van der Waals surface area contributed by atoms with Gasteiger partial charge in [0.05, 0.1) is 24.1 Å². The monoisotopic (exact) mass is 529 g/mol. The van der Waals surface area contributed by atoms with Gasteiger partial charge in [-0.05, 0) is 47.7 Å². The SMILES string of the molecule is CCCCc1nc(C)n(Cc2occc2C#N)c(=O)c1Cc1ccc(-c2ccccc2-c2nn[nH]n2)cc1.[H-].[Na+]. The molecule has 0 saturated carbocycles. The second kappa shape index (κ2) is 12.8. The van der Waals surface area contributed by atoms with Gasteiger partial charge < -0.3 is 5.84 Å². The smallest absolute Gasteiger partial charge is 1.00 e. The van der Waals surface area contributed by atoms with Crippen molar-refractivity contribution in [3.63, 3.8) is 0 Å². The maximum atomic E-state index is 13.7. The predicted molar refractivity (Wildman–Crippen MR) is 143 cm³/mol. The first-order valence-electron chi connectivity index (χ1n) is 12.6. The van der Waals surface area contributed by atoms with Gasteiger partial charge in [0, 0.05) is 17.5 Å². The molecule has 0 unspecified atom stereocenters. The molecule has 1 N–H and O–H groups in total. The normalized spacial score (nSPS) is 10.7. The third kappa shape index (κ3) is 6.09. The standard InChI is InChI=1S/C29H27N7O2.Na.H/c1-3-4-9-26-25(29(37)36(19(2)31-26)18-27-22(17-30)14-15-38-27)16-20-10-12-21(13-11-20)23-7-5-6-8-24(23)28-32-34-35-33-28;;/h5-8,10-15H,3-4,9,16,18H2,1-2H3,(H,32,33,34,35);;/q;+1;-1. The molecule has 0 aliphatic heterocycles. The zero-order chi connectivity index (χ0) is 26.5. The number of H-pyrrole nitrogens is 1. The molecule has 0 amide bonds. The number of nitrogens with zero attached hydrogens (tertiary/aromatic N) is 6. The Balaban J connectivity index is 0.00000220. The Hall–Kier alpha value is -3.84. The molecule has 0 aliphatic carbocycles. The van der Waals surface area contributed by atoms with Crippen LogP contribution in [0.3, 0.4) is 0 Å². The van der Waals surface area contributed by atoms with E-state index < -0.39 is 0 Å². The van der Waals surface area contributed by atoms with E-state index in [1.807, 2.05) is 55.5 Å². The first kappa shape index (κ1) is 28.2. The number of unbranched alkanes of at least 4 members (excludes halogenated alkanes) is 1. The molecule has 3 aromatic heterocycles. The summed E-state index contributed by atoms with van der Waals surface area (Å²) < 4.78 is 7.09. The molecule has 0 fully saturated rings. The molecule has 0 spiro atoms. The summed E-state index contributed by atoms with van der Waals surface area (Å²) in [6.07, 6.45) is 4.63. The zero-order valence-electron chi connectivity index (χ0n) is 23.3. The molecule has 0 bridgehead atoms. The van der Waals surface area contributed by atoms with Gasteiger partial charge in [-0.2, -0.15) is 10.5 Å². The van der Waals surface area contributed by atoms with E-state index in [0.29, 0.717) is 35.0 Å². The van der Waals surface area contributed by atoms with Crippen LogP contribution in [0.25, 0.3) is 22.5 Å². The van der Waals surface area contributed by atoms with Crippen molar-refractivity contribution in [3.05, 3.63) is 105 Å². The number of aromatic amines is 1. The van der Waals surface area contributed by atoms with E-state index in [2.05, 4.69) is 33.6 Å². The predicted octanol–water partition coefficient (Wildman–Crippen LogP) is 1.96. The van der Waals surface area contributed by atoms with Gasteiger partial charge in [-0.25, -0.2) is 4.98 Å². The maximum Gasteiger partial charge on any atom is 1.00 e. The topological polar surface area (TPSA) is 126 Å². The van der Waals surface area contributed by atoms with Crippen molar-refractivity contribution in [1.82, 2.24) is 30.2 Å². The number of benzene rings is 2. The third-order valence-electron chi connectivity index (χ3n) is 6.63. The second-order valence-corrected chi connectivity index (χ2v) is 9.10. The summed E-state index contributed by atoms with van der Waals surface area (Å²) in [7, 11) is 0. The Kier molecular flexibility index (Phi) is 9.25. The summed E-state index contributed by atoms with van der Waals surface area (Å²) in [5, 5.41) is 23.8. The maximum absolute atomic E-state index is 13.7. The molecule has 0 atom stereocenters. The van der Waals surface area contributed by atoms with Crippen LogP contribution < -0.4 is 35.1 Å². The summed E-state index contributed by atoms with van der Waals surface area (Å²) in [6, 6.07) is 19.8. The molecule has 0 saturated heterocycles. The van der Waals surface area contributed by atoms with E-state index in [-0.39, 0.29) is 43.1 Å². The molecule has 0 radical (unpaired) electrons. The fourth-order valence-electron chi connectivity index (χ4n) is 4.59. The van der Waals surface area contributed by atoms with Gasteiger partial charge in [-0.15, -0.1) is 10.2 Å². The first-order chi connectivity index (χ1) is 18.6. The van der Waals surface area contributed by atoms with Crippen molar-refractivity contribution in [2.45, 2.75) is 46.1 Å². The number of furan rings is 1. The average molecular weight is 530 g/mol. The molecule has 10 heteroatoms. The number of aromatic nitrogens is 6. The van der Waals surface area contributed by atoms with Crippen LogP contribution in [-0.4, -0.2) is 30.2 Å². The molecular weight excluding hydrogens is 501 g/mol. The quantitative estimate of drug-likeness (QED) is 0.289. The van der Waals surface area contributed by atoms with Crippen molar-refractivity contribution in [2.24, 2.45) is 0 Å². The molecule has 39 heavy (non-hydrogen) atoms. The number of nitrogens with one attached hydrogen (secondary N) is 1. The summed E-state index contributed by atoms with van der Waals surface area (Å²) in [4.78, 5) is 18.6. The number of aryl methyl sites for hydroxylation is 2. The molecule has 5 aromatic rings. The fraction of sp³-hybridized carbons (Fsp3) is 0.241. The van der Waals surface area contributed by atoms with Gasteiger partial charge in [0.15, 0.2) is 0 Å². The van der Waals surface area contributed by atoms with E-state index in [4.69, 9.17) is 9.40 Å². The van der Waals surface area contributed by atoms with Gasteiger partial charge in [0.1, 0.15) is 17.7 Å². The van der Waals surface area contributed by atoms with Gasteiger partial charge in [0.2, 0.25) is 5.82 Å². The van der Waals surface area contributed by atoms with Crippen molar-refractivity contribution < 1.29 is 35.4 Å². The Morgan fingerprint density at radius 1 is 1.10 bits per heavy atom. The Morgan fingerprint density at radius 2 is 1.87 bits per heavy atom. The van der Waals surface area contributed by atoms with Crippen LogP contribution in [-0.2, 0) is 19.4 Å². The molecule has 2 aromatic carbocycles. The minimum atomic E-state index is -0.101. The number of rotatable bonds is 9. The van der Waals surface area contributed by atoms with Gasteiger partial charge >= 0.3 is 29.6 Å². The number of tetrazole rings is 1. The van der Waals surface area contributed by atoms with Crippen molar-refractivity contribution >= 4 is 0 Å². The van der Waals surface area contributed by atoms with Crippen LogP contribution in [0.5, 0.6) is 0 Å². The Bertz CT molecular complexity index is 1660. The second-order valence-electron chi connectivity index (χ2n) is 9.10. The molecule has 9 nitrogen and oxygen atoms in total. The summed E-state index contributed by atoms with van der Waals surface area (Å²) >= 11 is 0. The van der Waals surface area contributed by atoms with Crippen LogP contribution in [0, 0.1) is 18.3 Å². The Morgan fingerprint density at radius 3 is 2.56 bits per heavy atom. The minimum absolute atomic E-state index is 0. The number of nitriles is 1. The number of hydrogen-bond acceptors (Lipinski definition) is 7. The zero-order valence-corrected chi connectivity index (χ0v) is 24.3. The van der Waals surface area contributed by atoms with Crippen LogP contribution >= 0.6 is 0 Å². The van der Waals surface area contributed by atoms with Crippen molar-refractivity contribution in [1.29, 1.82) is 5.26 Å². The van der Waals surface area contributed by atoms with Gasteiger partial charge in [0.25, 0.3) is 5.56 Å². The van der Waals surface area contributed by atoms with Crippen LogP contribution in [0.15, 0.2) is 70.1 Å².